The molecule has 2 aromatic rings. The second-order valence-corrected chi connectivity index (χ2v) is 6.26. The van der Waals surface area contributed by atoms with Gasteiger partial charge in [0.1, 0.15) is 0 Å². The van der Waals surface area contributed by atoms with Gasteiger partial charge in [-0.2, -0.15) is 5.26 Å². The number of hydrogen-bond donors (Lipinski definition) is 2. The Morgan fingerprint density at radius 3 is 2.40 bits per heavy atom. The topological polar surface area (TPSA) is 68.2 Å². The van der Waals surface area contributed by atoms with E-state index in [1.54, 1.807) is 24.3 Å². The molecule has 2 N–H and O–H groups in total. The smallest absolute Gasteiger partial charge is 0.319 e. The third-order valence-corrected chi connectivity index (χ3v) is 4.42. The minimum Gasteiger partial charge on any atom is -0.330 e. The molecule has 2 aromatic carbocycles. The zero-order chi connectivity index (χ0) is 17.5. The molecule has 1 atom stereocenters. The van der Waals surface area contributed by atoms with E-state index in [2.05, 4.69) is 21.6 Å². The first-order chi connectivity index (χ1) is 12.2. The average molecular weight is 334 g/mol. The molecule has 128 valence electrons. The number of anilines is 1. The highest BCUT2D eigenvalue weighted by Gasteiger charge is 2.20. The molecule has 25 heavy (non-hydrogen) atoms. The summed E-state index contributed by atoms with van der Waals surface area (Å²) in [6.45, 7) is 2.98. The van der Waals surface area contributed by atoms with Crippen LogP contribution in [0.2, 0.25) is 0 Å². The van der Waals surface area contributed by atoms with Crippen LogP contribution in [0, 0.1) is 11.3 Å². The van der Waals surface area contributed by atoms with Crippen molar-refractivity contribution in [3.05, 3.63) is 65.7 Å². The van der Waals surface area contributed by atoms with E-state index in [0.717, 1.165) is 25.2 Å². The molecule has 5 nitrogen and oxygen atoms in total. The largest absolute Gasteiger partial charge is 0.330 e. The molecular weight excluding hydrogens is 312 g/mol. The van der Waals surface area contributed by atoms with Crippen LogP contribution in [0.15, 0.2) is 54.6 Å². The van der Waals surface area contributed by atoms with Gasteiger partial charge in [0, 0.05) is 12.2 Å². The first-order valence-electron chi connectivity index (χ1n) is 8.59. The van der Waals surface area contributed by atoms with Gasteiger partial charge in [0.15, 0.2) is 0 Å². The Bertz CT molecular complexity index is 731. The van der Waals surface area contributed by atoms with E-state index in [0.29, 0.717) is 11.3 Å². The van der Waals surface area contributed by atoms with Gasteiger partial charge in [0.25, 0.3) is 0 Å². The number of benzene rings is 2. The van der Waals surface area contributed by atoms with Crippen LogP contribution in [0.1, 0.15) is 30.0 Å². The standard InChI is InChI=1S/C20H22N4O/c21-14-16-8-10-18(11-9-16)22-20(25)23-19(15-24-12-4-5-13-24)17-6-2-1-3-7-17/h1-3,6-11,19H,4-5,12-13,15H2,(H2,22,23,25). The molecule has 3 rings (SSSR count). The lowest BCUT2D eigenvalue weighted by Crippen LogP contribution is -2.39. The number of likely N-dealkylation sites (tertiary alicyclic amines) is 1. The van der Waals surface area contributed by atoms with E-state index >= 15 is 0 Å². The Balaban J connectivity index is 1.65. The van der Waals surface area contributed by atoms with E-state index in [9.17, 15) is 4.79 Å². The highest BCUT2D eigenvalue weighted by atomic mass is 16.2. The van der Waals surface area contributed by atoms with E-state index in [-0.39, 0.29) is 12.1 Å². The number of carbonyl (C=O) groups is 1. The molecule has 1 fully saturated rings. The summed E-state index contributed by atoms with van der Waals surface area (Å²) in [5.41, 5.74) is 2.34. The molecule has 0 aromatic heterocycles. The Morgan fingerprint density at radius 1 is 1.08 bits per heavy atom. The summed E-state index contributed by atoms with van der Waals surface area (Å²) < 4.78 is 0. The minimum atomic E-state index is -0.238. The van der Waals surface area contributed by atoms with E-state index in [4.69, 9.17) is 5.26 Å². The predicted molar refractivity (Wildman–Crippen MR) is 98.2 cm³/mol. The van der Waals surface area contributed by atoms with E-state index in [1.807, 2.05) is 30.3 Å². The lowest BCUT2D eigenvalue weighted by molar-refractivity contribution is 0.240. The fourth-order valence-electron chi connectivity index (χ4n) is 3.10. The van der Waals surface area contributed by atoms with Crippen LogP contribution in [0.3, 0.4) is 0 Å². The van der Waals surface area contributed by atoms with Gasteiger partial charge >= 0.3 is 6.03 Å². The number of rotatable bonds is 5. The summed E-state index contributed by atoms with van der Waals surface area (Å²) in [6.07, 6.45) is 2.44. The average Bonchev–Trinajstić information content (AvgIpc) is 3.16. The van der Waals surface area contributed by atoms with Crippen LogP contribution in [0.25, 0.3) is 0 Å². The van der Waals surface area contributed by atoms with Crippen molar-refractivity contribution in [3.63, 3.8) is 0 Å². The normalized spacial score (nSPS) is 15.3. The predicted octanol–water partition coefficient (Wildman–Crippen LogP) is 3.52. The molecule has 0 radical (unpaired) electrons. The summed E-state index contributed by atoms with van der Waals surface area (Å²) in [5, 5.41) is 14.8. The van der Waals surface area contributed by atoms with Gasteiger partial charge in [-0.25, -0.2) is 4.79 Å². The van der Waals surface area contributed by atoms with E-state index < -0.39 is 0 Å². The first kappa shape index (κ1) is 17.0. The molecule has 0 spiro atoms. The number of nitriles is 1. The molecule has 0 saturated carbocycles. The Hall–Kier alpha value is -2.84. The molecule has 1 aliphatic rings. The highest BCUT2D eigenvalue weighted by Crippen LogP contribution is 2.18. The Morgan fingerprint density at radius 2 is 1.76 bits per heavy atom. The van der Waals surface area contributed by atoms with Crippen LogP contribution in [0.4, 0.5) is 10.5 Å². The van der Waals surface area contributed by atoms with Gasteiger partial charge in [-0.05, 0) is 55.8 Å². The van der Waals surface area contributed by atoms with Crippen molar-refractivity contribution in [2.75, 3.05) is 25.0 Å². The van der Waals surface area contributed by atoms with Crippen LogP contribution >= 0.6 is 0 Å². The van der Waals surface area contributed by atoms with Crippen molar-refractivity contribution in [1.29, 1.82) is 5.26 Å². The molecule has 5 heteroatoms. The van der Waals surface area contributed by atoms with Gasteiger partial charge in [-0.15, -0.1) is 0 Å². The fourth-order valence-corrected chi connectivity index (χ4v) is 3.10. The summed E-state index contributed by atoms with van der Waals surface area (Å²) in [7, 11) is 0. The van der Waals surface area contributed by atoms with Gasteiger partial charge < -0.3 is 15.5 Å². The second-order valence-electron chi connectivity index (χ2n) is 6.26. The third-order valence-electron chi connectivity index (χ3n) is 4.42. The zero-order valence-electron chi connectivity index (χ0n) is 14.1. The lowest BCUT2D eigenvalue weighted by atomic mass is 10.1. The third kappa shape index (κ3) is 4.82. The summed E-state index contributed by atoms with van der Waals surface area (Å²) in [6, 6.07) is 18.7. The Labute approximate surface area is 148 Å². The maximum Gasteiger partial charge on any atom is 0.319 e. The van der Waals surface area contributed by atoms with Crippen molar-refractivity contribution < 1.29 is 4.79 Å². The van der Waals surface area contributed by atoms with Crippen molar-refractivity contribution in [1.82, 2.24) is 10.2 Å². The van der Waals surface area contributed by atoms with Gasteiger partial charge in [0.05, 0.1) is 17.7 Å². The lowest BCUT2D eigenvalue weighted by Gasteiger charge is -2.25. The van der Waals surface area contributed by atoms with Crippen molar-refractivity contribution >= 4 is 11.7 Å². The number of nitrogens with zero attached hydrogens (tertiary/aromatic N) is 2. The van der Waals surface area contributed by atoms with Crippen molar-refractivity contribution in [3.8, 4) is 6.07 Å². The first-order valence-corrected chi connectivity index (χ1v) is 8.59. The Kier molecular flexibility index (Phi) is 5.65. The molecule has 1 aliphatic heterocycles. The zero-order valence-corrected chi connectivity index (χ0v) is 14.1. The number of amides is 2. The molecule has 1 saturated heterocycles. The van der Waals surface area contributed by atoms with Gasteiger partial charge in [0.2, 0.25) is 0 Å². The maximum atomic E-state index is 12.4. The maximum absolute atomic E-state index is 12.4. The highest BCUT2D eigenvalue weighted by molar-refractivity contribution is 5.89. The molecule has 0 bridgehead atoms. The quantitative estimate of drug-likeness (QED) is 0.879. The van der Waals surface area contributed by atoms with E-state index in [1.165, 1.54) is 12.8 Å². The van der Waals surface area contributed by atoms with Crippen LogP contribution in [-0.2, 0) is 0 Å². The monoisotopic (exact) mass is 334 g/mol. The molecule has 0 aliphatic carbocycles. The minimum absolute atomic E-state index is 0.0577. The van der Waals surface area contributed by atoms with Gasteiger partial charge in [-0.3, -0.25) is 0 Å². The molecule has 1 unspecified atom stereocenters. The van der Waals surface area contributed by atoms with Crippen molar-refractivity contribution in [2.24, 2.45) is 0 Å². The molecule has 2 amide bonds. The number of hydrogen-bond acceptors (Lipinski definition) is 3. The number of urea groups is 1. The summed E-state index contributed by atoms with van der Waals surface area (Å²) in [4.78, 5) is 14.8. The number of carbonyl (C=O) groups excluding carboxylic acids is 1. The van der Waals surface area contributed by atoms with Crippen LogP contribution < -0.4 is 10.6 Å². The van der Waals surface area contributed by atoms with Crippen LogP contribution in [-0.4, -0.2) is 30.6 Å². The van der Waals surface area contributed by atoms with Crippen molar-refractivity contribution in [2.45, 2.75) is 18.9 Å². The SMILES string of the molecule is N#Cc1ccc(NC(=O)NC(CN2CCCC2)c2ccccc2)cc1. The molecular formula is C20H22N4O. The van der Waals surface area contributed by atoms with Crippen LogP contribution in [0.5, 0.6) is 0 Å². The second kappa shape index (κ2) is 8.32. The summed E-state index contributed by atoms with van der Waals surface area (Å²) >= 11 is 0. The summed E-state index contributed by atoms with van der Waals surface area (Å²) in [5.74, 6) is 0. The van der Waals surface area contributed by atoms with Gasteiger partial charge in [-0.1, -0.05) is 30.3 Å². The molecule has 1 heterocycles. The number of nitrogens with one attached hydrogen (secondary N) is 2. The fraction of sp³-hybridized carbons (Fsp3) is 0.300.